The predicted octanol–water partition coefficient (Wildman–Crippen LogP) is 2.02. The molecular weight excluding hydrogens is 345 g/mol. The van der Waals surface area contributed by atoms with Gasteiger partial charge in [-0.3, -0.25) is 4.90 Å². The second-order valence-corrected chi connectivity index (χ2v) is 8.15. The molecule has 1 aliphatic rings. The van der Waals surface area contributed by atoms with Gasteiger partial charge in [0, 0.05) is 18.8 Å². The second kappa shape index (κ2) is 7.40. The van der Waals surface area contributed by atoms with Crippen molar-refractivity contribution >= 4 is 10.0 Å². The Kier molecular flexibility index (Phi) is 5.92. The molecule has 0 aromatic carbocycles. The number of halogens is 3. The lowest BCUT2D eigenvalue weighted by molar-refractivity contribution is -0.148. The van der Waals surface area contributed by atoms with E-state index in [1.807, 2.05) is 13.8 Å². The van der Waals surface area contributed by atoms with E-state index in [1.165, 1.54) is 17.4 Å². The summed E-state index contributed by atoms with van der Waals surface area (Å²) in [5, 5.41) is -0.0364. The van der Waals surface area contributed by atoms with Gasteiger partial charge in [-0.1, -0.05) is 0 Å². The van der Waals surface area contributed by atoms with Crippen molar-refractivity contribution in [3.05, 3.63) is 12.5 Å². The van der Waals surface area contributed by atoms with Crippen LogP contribution < -0.4 is 4.72 Å². The number of nitrogens with zero attached hydrogens (tertiary/aromatic N) is 3. The van der Waals surface area contributed by atoms with E-state index in [-0.39, 0.29) is 23.5 Å². The number of piperidine rings is 1. The summed E-state index contributed by atoms with van der Waals surface area (Å²) >= 11 is 0. The molecule has 0 saturated carbocycles. The smallest absolute Gasteiger partial charge is 0.334 e. The van der Waals surface area contributed by atoms with Crippen LogP contribution in [0.25, 0.3) is 0 Å². The maximum atomic E-state index is 12.3. The van der Waals surface area contributed by atoms with Crippen LogP contribution in [-0.4, -0.2) is 55.2 Å². The van der Waals surface area contributed by atoms with Crippen LogP contribution >= 0.6 is 0 Å². The quantitative estimate of drug-likeness (QED) is 0.834. The second-order valence-electron chi connectivity index (χ2n) is 6.44. The molecule has 0 bridgehead atoms. The van der Waals surface area contributed by atoms with E-state index in [1.54, 1.807) is 4.57 Å². The minimum Gasteiger partial charge on any atom is -0.334 e. The first-order valence-corrected chi connectivity index (χ1v) is 9.37. The summed E-state index contributed by atoms with van der Waals surface area (Å²) < 4.78 is 65.7. The zero-order chi connectivity index (χ0) is 18.0. The van der Waals surface area contributed by atoms with Gasteiger partial charge in [-0.15, -0.1) is 0 Å². The van der Waals surface area contributed by atoms with Crippen molar-refractivity contribution in [3.8, 4) is 0 Å². The van der Waals surface area contributed by atoms with Crippen LogP contribution in [0.1, 0.15) is 32.7 Å². The Morgan fingerprint density at radius 1 is 1.33 bits per heavy atom. The fraction of sp³-hybridized carbons (Fsp3) is 0.786. The van der Waals surface area contributed by atoms with E-state index in [9.17, 15) is 21.6 Å². The molecule has 2 heterocycles. The van der Waals surface area contributed by atoms with Crippen molar-refractivity contribution in [2.75, 3.05) is 26.2 Å². The summed E-state index contributed by atoms with van der Waals surface area (Å²) in [6.07, 6.45) is -0.171. The van der Waals surface area contributed by atoms with Crippen molar-refractivity contribution in [3.63, 3.8) is 0 Å². The zero-order valence-corrected chi connectivity index (χ0v) is 14.6. The summed E-state index contributed by atoms with van der Waals surface area (Å²) in [6, 6.07) is 0.111. The zero-order valence-electron chi connectivity index (χ0n) is 13.8. The summed E-state index contributed by atoms with van der Waals surface area (Å²) in [7, 11) is -3.69. The number of rotatable bonds is 6. The fourth-order valence-corrected chi connectivity index (χ4v) is 3.69. The molecule has 0 atom stereocenters. The molecule has 0 unspecified atom stereocenters. The SMILES string of the molecule is CC(C)n1cnc(S(=O)(=O)NCC2CCN(CC(F)(F)F)CC2)c1. The van der Waals surface area contributed by atoms with Gasteiger partial charge in [-0.05, 0) is 45.7 Å². The van der Waals surface area contributed by atoms with Crippen molar-refractivity contribution in [2.45, 2.75) is 43.9 Å². The van der Waals surface area contributed by atoms with Gasteiger partial charge in [0.05, 0.1) is 12.9 Å². The highest BCUT2D eigenvalue weighted by Gasteiger charge is 2.32. The molecule has 24 heavy (non-hydrogen) atoms. The summed E-state index contributed by atoms with van der Waals surface area (Å²) in [5.41, 5.74) is 0. The first-order valence-electron chi connectivity index (χ1n) is 7.89. The maximum Gasteiger partial charge on any atom is 0.401 e. The molecule has 1 saturated heterocycles. The summed E-state index contributed by atoms with van der Waals surface area (Å²) in [6.45, 7) is 3.80. The van der Waals surface area contributed by atoms with Crippen LogP contribution in [0.3, 0.4) is 0 Å². The minimum atomic E-state index is -4.19. The van der Waals surface area contributed by atoms with Crippen molar-refractivity contribution in [2.24, 2.45) is 5.92 Å². The van der Waals surface area contributed by atoms with Crippen molar-refractivity contribution < 1.29 is 21.6 Å². The Labute approximate surface area is 140 Å². The Hall–Kier alpha value is -1.13. The van der Waals surface area contributed by atoms with Crippen LogP contribution in [-0.2, 0) is 10.0 Å². The molecule has 138 valence electrons. The summed E-state index contributed by atoms with van der Waals surface area (Å²) in [5.74, 6) is 0.0384. The molecule has 0 amide bonds. The Morgan fingerprint density at radius 2 is 1.96 bits per heavy atom. The van der Waals surface area contributed by atoms with Crippen LogP contribution in [0.2, 0.25) is 0 Å². The van der Waals surface area contributed by atoms with Crippen LogP contribution in [0.15, 0.2) is 17.6 Å². The average Bonchev–Trinajstić information content (AvgIpc) is 2.96. The molecule has 1 aliphatic heterocycles. The number of alkyl halides is 3. The molecule has 1 aromatic rings. The van der Waals surface area contributed by atoms with E-state index < -0.39 is 22.7 Å². The summed E-state index contributed by atoms with van der Waals surface area (Å²) in [4.78, 5) is 5.26. The first-order chi connectivity index (χ1) is 11.1. The molecule has 0 radical (unpaired) electrons. The molecule has 0 spiro atoms. The molecule has 6 nitrogen and oxygen atoms in total. The van der Waals surface area contributed by atoms with E-state index in [0.29, 0.717) is 25.9 Å². The van der Waals surface area contributed by atoms with Gasteiger partial charge in [0.1, 0.15) is 0 Å². The van der Waals surface area contributed by atoms with E-state index in [0.717, 1.165) is 0 Å². The lowest BCUT2D eigenvalue weighted by atomic mass is 9.97. The number of aromatic nitrogens is 2. The van der Waals surface area contributed by atoms with Gasteiger partial charge in [0.2, 0.25) is 0 Å². The molecule has 2 rings (SSSR count). The normalized spacial score (nSPS) is 18.4. The highest BCUT2D eigenvalue weighted by Crippen LogP contribution is 2.22. The van der Waals surface area contributed by atoms with Gasteiger partial charge in [0.25, 0.3) is 10.0 Å². The number of likely N-dealkylation sites (tertiary alicyclic amines) is 1. The van der Waals surface area contributed by atoms with Gasteiger partial charge in [-0.2, -0.15) is 13.2 Å². The van der Waals surface area contributed by atoms with E-state index in [4.69, 9.17) is 0 Å². The molecule has 1 fully saturated rings. The highest BCUT2D eigenvalue weighted by molar-refractivity contribution is 7.89. The fourth-order valence-electron chi connectivity index (χ4n) is 2.64. The largest absolute Gasteiger partial charge is 0.401 e. The molecule has 1 aromatic heterocycles. The molecule has 1 N–H and O–H groups in total. The molecule has 0 aliphatic carbocycles. The average molecular weight is 368 g/mol. The van der Waals surface area contributed by atoms with E-state index in [2.05, 4.69) is 9.71 Å². The van der Waals surface area contributed by atoms with Gasteiger partial charge in [0.15, 0.2) is 5.03 Å². The van der Waals surface area contributed by atoms with Gasteiger partial charge >= 0.3 is 6.18 Å². The first kappa shape index (κ1) is 19.2. The predicted molar refractivity (Wildman–Crippen MR) is 83.0 cm³/mol. The number of sulfonamides is 1. The van der Waals surface area contributed by atoms with Crippen molar-refractivity contribution in [1.29, 1.82) is 0 Å². The monoisotopic (exact) mass is 368 g/mol. The standard InChI is InChI=1S/C14H23F3N4O2S/c1-11(2)21-8-13(18-10-21)24(22,23)19-7-12-3-5-20(6-4-12)9-14(15,16)17/h8,10-12,19H,3-7,9H2,1-2H3. The topological polar surface area (TPSA) is 67.2 Å². The third-order valence-corrected chi connectivity index (χ3v) is 5.43. The Morgan fingerprint density at radius 3 is 2.46 bits per heavy atom. The Balaban J connectivity index is 1.83. The number of hydrogen-bond donors (Lipinski definition) is 1. The van der Waals surface area contributed by atoms with Crippen LogP contribution in [0, 0.1) is 5.92 Å². The highest BCUT2D eigenvalue weighted by atomic mass is 32.2. The van der Waals surface area contributed by atoms with Gasteiger partial charge < -0.3 is 4.57 Å². The number of nitrogens with one attached hydrogen (secondary N) is 1. The van der Waals surface area contributed by atoms with E-state index >= 15 is 0 Å². The molecular formula is C14H23F3N4O2S. The third kappa shape index (κ3) is 5.45. The molecule has 10 heteroatoms. The third-order valence-electron chi connectivity index (χ3n) is 4.12. The van der Waals surface area contributed by atoms with Gasteiger partial charge in [-0.25, -0.2) is 18.1 Å². The lowest BCUT2D eigenvalue weighted by Gasteiger charge is -2.32. The maximum absolute atomic E-state index is 12.3. The lowest BCUT2D eigenvalue weighted by Crippen LogP contribution is -2.42. The van der Waals surface area contributed by atoms with Crippen LogP contribution in [0.4, 0.5) is 13.2 Å². The van der Waals surface area contributed by atoms with Crippen molar-refractivity contribution in [1.82, 2.24) is 19.2 Å². The van der Waals surface area contributed by atoms with Crippen LogP contribution in [0.5, 0.6) is 0 Å². The number of imidazole rings is 1. The Bertz CT molecular complexity index is 635. The number of hydrogen-bond acceptors (Lipinski definition) is 4. The minimum absolute atomic E-state index is 0.0364.